The van der Waals surface area contributed by atoms with Gasteiger partial charge in [-0.05, 0) is 61.4 Å². The Morgan fingerprint density at radius 3 is 1.56 bits per heavy atom. The highest BCUT2D eigenvalue weighted by molar-refractivity contribution is 6.09. The molecule has 0 amide bonds. The van der Waals surface area contributed by atoms with Crippen LogP contribution in [0.15, 0.2) is 36.4 Å². The first-order valence-electron chi connectivity index (χ1n) is 5.76. The van der Waals surface area contributed by atoms with Crippen LogP contribution in [-0.4, -0.2) is 5.78 Å². The van der Waals surface area contributed by atoms with E-state index in [1.807, 2.05) is 26.0 Å². The highest BCUT2D eigenvalue weighted by Crippen LogP contribution is 2.19. The molecule has 0 saturated carbocycles. The topological polar surface area (TPSA) is 69.1 Å². The smallest absolute Gasteiger partial charge is 0.193 e. The summed E-state index contributed by atoms with van der Waals surface area (Å²) in [5, 5.41) is 0. The van der Waals surface area contributed by atoms with E-state index in [1.54, 1.807) is 24.3 Å². The maximum atomic E-state index is 12.3. The molecule has 0 spiro atoms. The first-order valence-corrected chi connectivity index (χ1v) is 5.76. The van der Waals surface area contributed by atoms with Gasteiger partial charge in [-0.25, -0.2) is 0 Å². The van der Waals surface area contributed by atoms with Crippen LogP contribution in [0.1, 0.15) is 27.0 Å². The van der Waals surface area contributed by atoms with Crippen molar-refractivity contribution in [1.29, 1.82) is 0 Å². The van der Waals surface area contributed by atoms with Crippen molar-refractivity contribution >= 4 is 17.2 Å². The lowest BCUT2D eigenvalue weighted by molar-refractivity contribution is 0.103. The fraction of sp³-hybridized carbons (Fsp3) is 0.133. The summed E-state index contributed by atoms with van der Waals surface area (Å²) in [6.07, 6.45) is 0. The second-order valence-electron chi connectivity index (χ2n) is 4.47. The molecule has 0 unspecified atom stereocenters. The summed E-state index contributed by atoms with van der Waals surface area (Å²) in [5.41, 5.74) is 16.0. The van der Waals surface area contributed by atoms with Gasteiger partial charge in [-0.1, -0.05) is 0 Å². The van der Waals surface area contributed by atoms with E-state index >= 15 is 0 Å². The summed E-state index contributed by atoms with van der Waals surface area (Å²) in [6, 6.07) is 10.6. The Morgan fingerprint density at radius 1 is 0.833 bits per heavy atom. The molecule has 0 saturated heterocycles. The van der Waals surface area contributed by atoms with Crippen LogP contribution in [0.3, 0.4) is 0 Å². The lowest BCUT2D eigenvalue weighted by Gasteiger charge is -2.06. The predicted octanol–water partition coefficient (Wildman–Crippen LogP) is 2.70. The minimum absolute atomic E-state index is 0.0128. The number of hydrogen-bond acceptors (Lipinski definition) is 3. The van der Waals surface area contributed by atoms with Crippen LogP contribution >= 0.6 is 0 Å². The Labute approximate surface area is 106 Å². The van der Waals surface area contributed by atoms with Crippen LogP contribution in [0.5, 0.6) is 0 Å². The monoisotopic (exact) mass is 240 g/mol. The van der Waals surface area contributed by atoms with Crippen molar-refractivity contribution in [1.82, 2.24) is 0 Å². The molecule has 0 atom stereocenters. The molecule has 0 radical (unpaired) electrons. The molecule has 3 heteroatoms. The maximum Gasteiger partial charge on any atom is 0.193 e. The van der Waals surface area contributed by atoms with Gasteiger partial charge in [0, 0.05) is 22.5 Å². The largest absolute Gasteiger partial charge is 0.399 e. The summed E-state index contributed by atoms with van der Waals surface area (Å²) in [6.45, 7) is 3.78. The predicted molar refractivity (Wildman–Crippen MR) is 74.6 cm³/mol. The van der Waals surface area contributed by atoms with Crippen LogP contribution in [0, 0.1) is 13.8 Å². The maximum absolute atomic E-state index is 12.3. The minimum Gasteiger partial charge on any atom is -0.399 e. The van der Waals surface area contributed by atoms with Gasteiger partial charge in [-0.3, -0.25) is 4.79 Å². The Hall–Kier alpha value is -2.29. The van der Waals surface area contributed by atoms with E-state index in [0.717, 1.165) is 11.1 Å². The summed E-state index contributed by atoms with van der Waals surface area (Å²) >= 11 is 0. The number of ketones is 1. The van der Waals surface area contributed by atoms with E-state index in [0.29, 0.717) is 22.5 Å². The molecule has 3 nitrogen and oxygen atoms in total. The molecule has 2 rings (SSSR count). The second kappa shape index (κ2) is 4.53. The van der Waals surface area contributed by atoms with E-state index in [1.165, 1.54) is 0 Å². The van der Waals surface area contributed by atoms with Gasteiger partial charge in [0.15, 0.2) is 5.78 Å². The molecule has 0 heterocycles. The van der Waals surface area contributed by atoms with Crippen molar-refractivity contribution in [3.8, 4) is 0 Å². The third-order valence-corrected chi connectivity index (χ3v) is 3.06. The average Bonchev–Trinajstić information content (AvgIpc) is 2.35. The van der Waals surface area contributed by atoms with Gasteiger partial charge in [0.05, 0.1) is 0 Å². The normalized spacial score (nSPS) is 10.3. The molecule has 2 aromatic rings. The lowest BCUT2D eigenvalue weighted by atomic mass is 9.99. The van der Waals surface area contributed by atoms with Crippen molar-refractivity contribution in [3.63, 3.8) is 0 Å². The number of carbonyl (C=O) groups excluding carboxylic acids is 1. The van der Waals surface area contributed by atoms with Gasteiger partial charge in [-0.2, -0.15) is 0 Å². The van der Waals surface area contributed by atoms with Gasteiger partial charge < -0.3 is 11.5 Å². The molecule has 18 heavy (non-hydrogen) atoms. The SMILES string of the molecule is Cc1cc(C(=O)c2ccc(N)c(C)c2)ccc1N. The molecule has 0 bridgehead atoms. The summed E-state index contributed by atoms with van der Waals surface area (Å²) in [4.78, 5) is 12.3. The van der Waals surface area contributed by atoms with E-state index in [9.17, 15) is 4.79 Å². The molecule has 0 aliphatic heterocycles. The van der Waals surface area contributed by atoms with Crippen molar-refractivity contribution in [3.05, 3.63) is 58.7 Å². The van der Waals surface area contributed by atoms with Gasteiger partial charge in [0.25, 0.3) is 0 Å². The Bertz CT molecular complexity index is 564. The first kappa shape index (κ1) is 12.2. The number of nitrogens with two attached hydrogens (primary N) is 2. The van der Waals surface area contributed by atoms with E-state index in [-0.39, 0.29) is 5.78 Å². The van der Waals surface area contributed by atoms with Crippen molar-refractivity contribution < 1.29 is 4.79 Å². The molecule has 92 valence electrons. The van der Waals surface area contributed by atoms with Gasteiger partial charge in [0.1, 0.15) is 0 Å². The number of hydrogen-bond donors (Lipinski definition) is 2. The Kier molecular flexibility index (Phi) is 3.06. The van der Waals surface area contributed by atoms with Gasteiger partial charge in [0.2, 0.25) is 0 Å². The van der Waals surface area contributed by atoms with Gasteiger partial charge >= 0.3 is 0 Å². The molecule has 0 aliphatic rings. The number of anilines is 2. The van der Waals surface area contributed by atoms with Crippen molar-refractivity contribution in [2.75, 3.05) is 11.5 Å². The fourth-order valence-corrected chi connectivity index (χ4v) is 1.80. The van der Waals surface area contributed by atoms with Gasteiger partial charge in [-0.15, -0.1) is 0 Å². The Balaban J connectivity index is 2.41. The quantitative estimate of drug-likeness (QED) is 0.626. The molecular weight excluding hydrogens is 224 g/mol. The van der Waals surface area contributed by atoms with Crippen LogP contribution in [0.4, 0.5) is 11.4 Å². The zero-order valence-electron chi connectivity index (χ0n) is 10.5. The lowest BCUT2D eigenvalue weighted by Crippen LogP contribution is -2.04. The number of carbonyl (C=O) groups is 1. The summed E-state index contributed by atoms with van der Waals surface area (Å²) in [5.74, 6) is -0.0128. The van der Waals surface area contributed by atoms with Crippen LogP contribution in [0.2, 0.25) is 0 Å². The third-order valence-electron chi connectivity index (χ3n) is 3.06. The molecule has 0 aliphatic carbocycles. The van der Waals surface area contributed by atoms with E-state index in [4.69, 9.17) is 11.5 Å². The molecule has 2 aromatic carbocycles. The summed E-state index contributed by atoms with van der Waals surface area (Å²) < 4.78 is 0. The zero-order valence-corrected chi connectivity index (χ0v) is 10.5. The number of aryl methyl sites for hydroxylation is 2. The summed E-state index contributed by atoms with van der Waals surface area (Å²) in [7, 11) is 0. The second-order valence-corrected chi connectivity index (χ2v) is 4.47. The molecule has 0 fully saturated rings. The number of nitrogen functional groups attached to an aromatic ring is 2. The molecule has 0 aromatic heterocycles. The van der Waals surface area contributed by atoms with Crippen LogP contribution < -0.4 is 11.5 Å². The number of rotatable bonds is 2. The molecular formula is C15H16N2O. The van der Waals surface area contributed by atoms with Crippen LogP contribution in [-0.2, 0) is 0 Å². The fourth-order valence-electron chi connectivity index (χ4n) is 1.80. The third kappa shape index (κ3) is 2.20. The average molecular weight is 240 g/mol. The van der Waals surface area contributed by atoms with E-state index in [2.05, 4.69) is 0 Å². The highest BCUT2D eigenvalue weighted by atomic mass is 16.1. The standard InChI is InChI=1S/C15H16N2O/c1-9-7-11(3-5-13(9)16)15(18)12-4-6-14(17)10(2)8-12/h3-8H,16-17H2,1-2H3. The highest BCUT2D eigenvalue weighted by Gasteiger charge is 2.10. The number of benzene rings is 2. The van der Waals surface area contributed by atoms with Crippen molar-refractivity contribution in [2.45, 2.75) is 13.8 Å². The zero-order chi connectivity index (χ0) is 13.3. The first-order chi connectivity index (χ1) is 8.49. The minimum atomic E-state index is -0.0128. The van der Waals surface area contributed by atoms with E-state index < -0.39 is 0 Å². The van der Waals surface area contributed by atoms with Crippen molar-refractivity contribution in [2.24, 2.45) is 0 Å². The Morgan fingerprint density at radius 2 is 1.22 bits per heavy atom. The van der Waals surface area contributed by atoms with Crippen LogP contribution in [0.25, 0.3) is 0 Å². The molecule has 4 N–H and O–H groups in total.